The zero-order chi connectivity index (χ0) is 15.0. The molecule has 1 fully saturated rings. The molecular formula is C15H22BFO3. The van der Waals surface area contributed by atoms with Gasteiger partial charge in [0.05, 0.1) is 17.3 Å². The number of hydrogen-bond acceptors (Lipinski definition) is 3. The first-order valence-electron chi connectivity index (χ1n) is 7.00. The van der Waals surface area contributed by atoms with Crippen molar-refractivity contribution < 1.29 is 18.8 Å². The molecule has 3 nitrogen and oxygen atoms in total. The van der Waals surface area contributed by atoms with Gasteiger partial charge in [0.1, 0.15) is 5.82 Å². The third-order valence-electron chi connectivity index (χ3n) is 4.23. The Balaban J connectivity index is 1.89. The molecule has 0 amide bonds. The molecule has 0 bridgehead atoms. The van der Waals surface area contributed by atoms with Gasteiger partial charge in [-0.25, -0.2) is 4.39 Å². The van der Waals surface area contributed by atoms with Gasteiger partial charge in [-0.05, 0) is 58.1 Å². The average Bonchev–Trinajstić information content (AvgIpc) is 2.56. The number of aliphatic hydroxyl groups excluding tert-OH is 1. The minimum atomic E-state index is -0.630. The van der Waals surface area contributed by atoms with Gasteiger partial charge in [0.25, 0.3) is 0 Å². The highest BCUT2D eigenvalue weighted by atomic mass is 19.1. The third-order valence-corrected chi connectivity index (χ3v) is 4.23. The van der Waals surface area contributed by atoms with Crippen molar-refractivity contribution in [2.24, 2.45) is 0 Å². The van der Waals surface area contributed by atoms with Crippen molar-refractivity contribution in [2.75, 3.05) is 0 Å². The summed E-state index contributed by atoms with van der Waals surface area (Å²) in [6, 6.07) is 5.91. The maximum atomic E-state index is 12.8. The summed E-state index contributed by atoms with van der Waals surface area (Å²) in [5.41, 5.74) is 0.0136. The molecule has 1 saturated heterocycles. The van der Waals surface area contributed by atoms with Crippen LogP contribution in [0.5, 0.6) is 0 Å². The second kappa shape index (κ2) is 5.47. The fourth-order valence-electron chi connectivity index (χ4n) is 2.23. The van der Waals surface area contributed by atoms with Gasteiger partial charge in [-0.15, -0.1) is 0 Å². The Morgan fingerprint density at radius 1 is 1.10 bits per heavy atom. The van der Waals surface area contributed by atoms with E-state index in [0.29, 0.717) is 18.3 Å². The number of benzene rings is 1. The summed E-state index contributed by atoms with van der Waals surface area (Å²) in [7, 11) is -0.310. The van der Waals surface area contributed by atoms with E-state index in [1.54, 1.807) is 12.1 Å². The van der Waals surface area contributed by atoms with Crippen LogP contribution in [-0.2, 0) is 9.31 Å². The standard InChI is InChI=1S/C15H22BFO3/c1-14(2)15(3,4)20-16(19-14)10-9-13(18)11-5-7-12(17)8-6-11/h5-8,13,18H,9-10H2,1-4H3. The molecule has 5 heteroatoms. The molecule has 0 saturated carbocycles. The molecule has 0 radical (unpaired) electrons. The van der Waals surface area contributed by atoms with Crippen molar-refractivity contribution in [1.29, 1.82) is 0 Å². The van der Waals surface area contributed by atoms with E-state index in [-0.39, 0.29) is 24.1 Å². The van der Waals surface area contributed by atoms with Gasteiger partial charge in [-0.1, -0.05) is 12.1 Å². The summed E-state index contributed by atoms with van der Waals surface area (Å²) >= 11 is 0. The van der Waals surface area contributed by atoms with Crippen LogP contribution in [0.25, 0.3) is 0 Å². The molecular weight excluding hydrogens is 258 g/mol. The first-order chi connectivity index (χ1) is 9.21. The molecule has 1 aromatic rings. The zero-order valence-corrected chi connectivity index (χ0v) is 12.5. The number of rotatable bonds is 4. The molecule has 110 valence electrons. The zero-order valence-electron chi connectivity index (χ0n) is 12.5. The summed E-state index contributed by atoms with van der Waals surface area (Å²) in [5.74, 6) is -0.299. The van der Waals surface area contributed by atoms with Crippen LogP contribution >= 0.6 is 0 Å². The largest absolute Gasteiger partial charge is 0.457 e. The lowest BCUT2D eigenvalue weighted by molar-refractivity contribution is 0.00578. The van der Waals surface area contributed by atoms with Crippen molar-refractivity contribution in [2.45, 2.75) is 57.7 Å². The fourth-order valence-corrected chi connectivity index (χ4v) is 2.23. The monoisotopic (exact) mass is 280 g/mol. The van der Waals surface area contributed by atoms with Crippen molar-refractivity contribution in [1.82, 2.24) is 0 Å². The Morgan fingerprint density at radius 2 is 1.60 bits per heavy atom. The Morgan fingerprint density at radius 3 is 2.10 bits per heavy atom. The van der Waals surface area contributed by atoms with Crippen LogP contribution in [0.3, 0.4) is 0 Å². The Bertz CT molecular complexity index is 443. The van der Waals surface area contributed by atoms with Crippen molar-refractivity contribution in [3.63, 3.8) is 0 Å². The minimum absolute atomic E-state index is 0.299. The molecule has 1 atom stereocenters. The van der Waals surface area contributed by atoms with Crippen LogP contribution in [0.4, 0.5) is 4.39 Å². The second-order valence-corrected chi connectivity index (χ2v) is 6.33. The van der Waals surface area contributed by atoms with E-state index in [2.05, 4.69) is 0 Å². The third kappa shape index (κ3) is 3.22. The lowest BCUT2D eigenvalue weighted by Gasteiger charge is -2.32. The predicted molar refractivity (Wildman–Crippen MR) is 76.9 cm³/mol. The molecule has 20 heavy (non-hydrogen) atoms. The number of hydrogen-bond donors (Lipinski definition) is 1. The first-order valence-corrected chi connectivity index (χ1v) is 7.00. The summed E-state index contributed by atoms with van der Waals surface area (Å²) in [4.78, 5) is 0. The fraction of sp³-hybridized carbons (Fsp3) is 0.600. The van der Waals surface area contributed by atoms with E-state index in [1.807, 2.05) is 27.7 Å². The predicted octanol–water partition coefficient (Wildman–Crippen LogP) is 3.34. The number of halogens is 1. The van der Waals surface area contributed by atoms with Crippen LogP contribution in [0.1, 0.15) is 45.8 Å². The van der Waals surface area contributed by atoms with Crippen LogP contribution in [0.15, 0.2) is 24.3 Å². The molecule has 2 rings (SSSR count). The maximum absolute atomic E-state index is 12.8. The van der Waals surface area contributed by atoms with E-state index in [1.165, 1.54) is 12.1 Å². The molecule has 1 N–H and O–H groups in total. The van der Waals surface area contributed by atoms with Crippen LogP contribution < -0.4 is 0 Å². The summed E-state index contributed by atoms with van der Waals surface area (Å²) < 4.78 is 24.6. The highest BCUT2D eigenvalue weighted by molar-refractivity contribution is 6.45. The SMILES string of the molecule is CC1(C)OB(CCC(O)c2ccc(F)cc2)OC1(C)C. The normalized spacial score (nSPS) is 22.0. The van der Waals surface area contributed by atoms with Gasteiger partial charge < -0.3 is 14.4 Å². The van der Waals surface area contributed by atoms with E-state index >= 15 is 0 Å². The van der Waals surface area contributed by atoms with Gasteiger partial charge in [0.15, 0.2) is 0 Å². The van der Waals surface area contributed by atoms with Gasteiger partial charge in [0, 0.05) is 0 Å². The summed E-state index contributed by atoms with van der Waals surface area (Å²) in [6.07, 6.45) is 0.489. The van der Waals surface area contributed by atoms with Crippen LogP contribution in [-0.4, -0.2) is 23.4 Å². The highest BCUT2D eigenvalue weighted by Crippen LogP contribution is 2.38. The Labute approximate surface area is 120 Å². The minimum Gasteiger partial charge on any atom is -0.403 e. The van der Waals surface area contributed by atoms with E-state index in [4.69, 9.17) is 9.31 Å². The lowest BCUT2D eigenvalue weighted by atomic mass is 9.81. The molecule has 0 aromatic heterocycles. The lowest BCUT2D eigenvalue weighted by Crippen LogP contribution is -2.41. The second-order valence-electron chi connectivity index (χ2n) is 6.33. The Hall–Kier alpha value is -0.905. The first kappa shape index (κ1) is 15.5. The molecule has 0 aliphatic carbocycles. The summed E-state index contributed by atoms with van der Waals surface area (Å²) in [6.45, 7) is 8.01. The summed E-state index contributed by atoms with van der Waals surface area (Å²) in [5, 5.41) is 10.1. The Kier molecular flexibility index (Phi) is 4.23. The molecule has 1 aromatic carbocycles. The van der Waals surface area contributed by atoms with E-state index in [0.717, 1.165) is 0 Å². The van der Waals surface area contributed by atoms with Crippen LogP contribution in [0, 0.1) is 5.82 Å². The molecule has 1 aliphatic heterocycles. The smallest absolute Gasteiger partial charge is 0.403 e. The van der Waals surface area contributed by atoms with Gasteiger partial charge in [0.2, 0.25) is 0 Å². The molecule has 1 unspecified atom stereocenters. The molecule has 0 spiro atoms. The highest BCUT2D eigenvalue weighted by Gasteiger charge is 2.50. The topological polar surface area (TPSA) is 38.7 Å². The number of aliphatic hydroxyl groups is 1. The molecule has 1 aliphatic rings. The van der Waals surface area contributed by atoms with Gasteiger partial charge >= 0.3 is 7.12 Å². The van der Waals surface area contributed by atoms with E-state index in [9.17, 15) is 9.50 Å². The molecule has 1 heterocycles. The maximum Gasteiger partial charge on any atom is 0.457 e. The van der Waals surface area contributed by atoms with Crippen LogP contribution in [0.2, 0.25) is 6.32 Å². The van der Waals surface area contributed by atoms with E-state index < -0.39 is 6.10 Å². The van der Waals surface area contributed by atoms with Gasteiger partial charge in [-0.2, -0.15) is 0 Å². The van der Waals surface area contributed by atoms with Crippen molar-refractivity contribution >= 4 is 7.12 Å². The average molecular weight is 280 g/mol. The van der Waals surface area contributed by atoms with Crippen molar-refractivity contribution in [3.8, 4) is 0 Å². The van der Waals surface area contributed by atoms with Crippen molar-refractivity contribution in [3.05, 3.63) is 35.6 Å². The quantitative estimate of drug-likeness (QED) is 0.860. The van der Waals surface area contributed by atoms with Gasteiger partial charge in [-0.3, -0.25) is 0 Å².